The Balaban J connectivity index is 2.14. The third-order valence-electron chi connectivity index (χ3n) is 4.14. The van der Waals surface area contributed by atoms with Crippen LogP contribution in [-0.4, -0.2) is 37.5 Å². The van der Waals surface area contributed by atoms with E-state index in [2.05, 4.69) is 24.0 Å². The number of hydrogen-bond donors (Lipinski definition) is 2. The van der Waals surface area contributed by atoms with E-state index < -0.39 is 5.60 Å². The van der Waals surface area contributed by atoms with Gasteiger partial charge in [-0.25, -0.2) is 0 Å². The summed E-state index contributed by atoms with van der Waals surface area (Å²) in [7, 11) is 2.02. The first-order valence-corrected chi connectivity index (χ1v) is 7.41. The van der Waals surface area contributed by atoms with Crippen LogP contribution in [0, 0.1) is 0 Å². The number of rotatable bonds is 5. The minimum atomic E-state index is -0.656. The van der Waals surface area contributed by atoms with E-state index in [1.165, 1.54) is 0 Å². The third-order valence-corrected chi connectivity index (χ3v) is 4.14. The molecule has 3 N–H and O–H groups in total. The van der Waals surface area contributed by atoms with Crippen molar-refractivity contribution >= 4 is 5.69 Å². The molecule has 4 heteroatoms. The predicted molar refractivity (Wildman–Crippen MR) is 81.9 cm³/mol. The number of nitrogens with two attached hydrogens (primary N) is 1. The molecule has 0 aliphatic carbocycles. The summed E-state index contributed by atoms with van der Waals surface area (Å²) in [6.07, 6.45) is 2.29. The van der Waals surface area contributed by atoms with Gasteiger partial charge in [-0.15, -0.1) is 0 Å². The van der Waals surface area contributed by atoms with Crippen LogP contribution in [0.4, 0.5) is 5.69 Å². The number of hydrogen-bond acceptors (Lipinski definition) is 4. The lowest BCUT2D eigenvalue weighted by Crippen LogP contribution is -2.46. The lowest BCUT2D eigenvalue weighted by atomic mass is 9.93. The Hall–Kier alpha value is -1.10. The van der Waals surface area contributed by atoms with E-state index >= 15 is 0 Å². The summed E-state index contributed by atoms with van der Waals surface area (Å²) in [5, 5.41) is 10.6. The summed E-state index contributed by atoms with van der Waals surface area (Å²) in [6, 6.07) is 8.23. The van der Waals surface area contributed by atoms with Crippen molar-refractivity contribution < 1.29 is 9.84 Å². The third kappa shape index (κ3) is 3.51. The molecule has 0 bridgehead atoms. The van der Waals surface area contributed by atoms with Crippen molar-refractivity contribution in [3.63, 3.8) is 0 Å². The Morgan fingerprint density at radius 2 is 2.00 bits per heavy atom. The second kappa shape index (κ2) is 6.57. The van der Waals surface area contributed by atoms with E-state index in [0.717, 1.165) is 17.7 Å². The standard InChI is InChI=1S/C16H26N2O2/c1-3-14(17)13-6-4-5-7-15(13)18(2)12-16(19)8-10-20-11-9-16/h4-7,14,19H,3,8-12,17H2,1-2H3/t14-/m1/s1. The maximum Gasteiger partial charge on any atom is 0.0865 e. The Kier molecular flexibility index (Phi) is 5.02. The van der Waals surface area contributed by atoms with Crippen molar-refractivity contribution in [1.29, 1.82) is 0 Å². The van der Waals surface area contributed by atoms with Gasteiger partial charge in [0.15, 0.2) is 0 Å². The van der Waals surface area contributed by atoms with E-state index in [-0.39, 0.29) is 6.04 Å². The second-order valence-corrected chi connectivity index (χ2v) is 5.77. The van der Waals surface area contributed by atoms with Gasteiger partial charge >= 0.3 is 0 Å². The Bertz CT molecular complexity index is 430. The van der Waals surface area contributed by atoms with Gasteiger partial charge < -0.3 is 20.5 Å². The highest BCUT2D eigenvalue weighted by Crippen LogP contribution is 2.29. The molecule has 0 saturated carbocycles. The molecule has 1 heterocycles. The molecular weight excluding hydrogens is 252 g/mol. The summed E-state index contributed by atoms with van der Waals surface area (Å²) in [6.45, 7) is 3.98. The monoisotopic (exact) mass is 278 g/mol. The molecule has 1 aliphatic rings. The quantitative estimate of drug-likeness (QED) is 0.865. The molecule has 1 fully saturated rings. The topological polar surface area (TPSA) is 58.7 Å². The highest BCUT2D eigenvalue weighted by atomic mass is 16.5. The van der Waals surface area contributed by atoms with Crippen LogP contribution in [0.1, 0.15) is 37.8 Å². The molecule has 1 aliphatic heterocycles. The number of aliphatic hydroxyl groups is 1. The van der Waals surface area contributed by atoms with Crippen molar-refractivity contribution in [2.75, 3.05) is 31.7 Å². The Morgan fingerprint density at radius 1 is 1.35 bits per heavy atom. The molecule has 0 amide bonds. The van der Waals surface area contributed by atoms with Crippen molar-refractivity contribution in [1.82, 2.24) is 0 Å². The van der Waals surface area contributed by atoms with Crippen LogP contribution in [0.15, 0.2) is 24.3 Å². The minimum absolute atomic E-state index is 0.0398. The summed E-state index contributed by atoms with van der Waals surface area (Å²) in [5.74, 6) is 0. The smallest absolute Gasteiger partial charge is 0.0865 e. The first kappa shape index (κ1) is 15.3. The van der Waals surface area contributed by atoms with E-state index in [1.807, 2.05) is 19.2 Å². The summed E-state index contributed by atoms with van der Waals surface area (Å²) in [4.78, 5) is 2.12. The van der Waals surface area contributed by atoms with Crippen LogP contribution in [0.2, 0.25) is 0 Å². The molecule has 1 saturated heterocycles. The maximum atomic E-state index is 10.6. The molecule has 20 heavy (non-hydrogen) atoms. The SMILES string of the molecule is CC[C@@H](N)c1ccccc1N(C)CC1(O)CCOCC1. The van der Waals surface area contributed by atoms with Gasteiger partial charge in [0.2, 0.25) is 0 Å². The fourth-order valence-electron chi connectivity index (χ4n) is 2.80. The maximum absolute atomic E-state index is 10.6. The van der Waals surface area contributed by atoms with Crippen LogP contribution in [0.3, 0.4) is 0 Å². The van der Waals surface area contributed by atoms with E-state index in [0.29, 0.717) is 32.6 Å². The zero-order valence-electron chi connectivity index (χ0n) is 12.5. The second-order valence-electron chi connectivity index (χ2n) is 5.77. The van der Waals surface area contributed by atoms with Crippen LogP contribution < -0.4 is 10.6 Å². The van der Waals surface area contributed by atoms with Gasteiger partial charge in [0.1, 0.15) is 0 Å². The molecule has 1 aromatic rings. The van der Waals surface area contributed by atoms with E-state index in [1.54, 1.807) is 0 Å². The first-order chi connectivity index (χ1) is 9.56. The number of anilines is 1. The number of likely N-dealkylation sites (N-methyl/N-ethyl adjacent to an activating group) is 1. The van der Waals surface area contributed by atoms with Gasteiger partial charge in [-0.2, -0.15) is 0 Å². The van der Waals surface area contributed by atoms with Crippen LogP contribution in [-0.2, 0) is 4.74 Å². The Labute approximate surface area is 121 Å². The average molecular weight is 278 g/mol. The zero-order chi connectivity index (χ0) is 14.6. The molecule has 1 atom stereocenters. The number of para-hydroxylation sites is 1. The highest BCUT2D eigenvalue weighted by molar-refractivity contribution is 5.54. The molecule has 112 valence electrons. The predicted octanol–water partition coefficient (Wildman–Crippen LogP) is 2.07. The molecule has 0 radical (unpaired) electrons. The first-order valence-electron chi connectivity index (χ1n) is 7.41. The highest BCUT2D eigenvalue weighted by Gasteiger charge is 2.31. The van der Waals surface area contributed by atoms with Gasteiger partial charge in [-0.1, -0.05) is 25.1 Å². The van der Waals surface area contributed by atoms with Gasteiger partial charge in [-0.05, 0) is 18.1 Å². The van der Waals surface area contributed by atoms with E-state index in [9.17, 15) is 5.11 Å². The number of nitrogens with zero attached hydrogens (tertiary/aromatic N) is 1. The molecule has 4 nitrogen and oxygen atoms in total. The lowest BCUT2D eigenvalue weighted by molar-refractivity contribution is -0.0572. The van der Waals surface area contributed by atoms with Gasteiger partial charge in [-0.3, -0.25) is 0 Å². The summed E-state index contributed by atoms with van der Waals surface area (Å²) < 4.78 is 5.33. The Morgan fingerprint density at radius 3 is 2.65 bits per heavy atom. The van der Waals surface area contributed by atoms with Crippen molar-refractivity contribution in [3.8, 4) is 0 Å². The van der Waals surface area contributed by atoms with Crippen LogP contribution in [0.5, 0.6) is 0 Å². The van der Waals surface area contributed by atoms with Crippen molar-refractivity contribution in [2.45, 2.75) is 37.8 Å². The molecule has 0 spiro atoms. The summed E-state index contributed by atoms with van der Waals surface area (Å²) >= 11 is 0. The minimum Gasteiger partial charge on any atom is -0.388 e. The van der Waals surface area contributed by atoms with Crippen molar-refractivity contribution in [3.05, 3.63) is 29.8 Å². The van der Waals surface area contributed by atoms with Crippen LogP contribution in [0.25, 0.3) is 0 Å². The van der Waals surface area contributed by atoms with E-state index in [4.69, 9.17) is 10.5 Å². The zero-order valence-corrected chi connectivity index (χ0v) is 12.5. The number of ether oxygens (including phenoxy) is 1. The molecule has 2 rings (SSSR count). The van der Waals surface area contributed by atoms with Gasteiger partial charge in [0.25, 0.3) is 0 Å². The molecular formula is C16H26N2O2. The van der Waals surface area contributed by atoms with Crippen molar-refractivity contribution in [2.24, 2.45) is 5.73 Å². The normalized spacial score (nSPS) is 19.6. The summed E-state index contributed by atoms with van der Waals surface area (Å²) in [5.41, 5.74) is 7.79. The van der Waals surface area contributed by atoms with Crippen LogP contribution >= 0.6 is 0 Å². The van der Waals surface area contributed by atoms with Gasteiger partial charge in [0.05, 0.1) is 5.60 Å². The lowest BCUT2D eigenvalue weighted by Gasteiger charge is -2.37. The molecule has 0 aromatic heterocycles. The average Bonchev–Trinajstić information content (AvgIpc) is 2.46. The fourth-order valence-corrected chi connectivity index (χ4v) is 2.80. The van der Waals surface area contributed by atoms with Gasteiger partial charge in [0, 0.05) is 51.4 Å². The molecule has 0 unspecified atom stereocenters. The molecule has 1 aromatic carbocycles. The fraction of sp³-hybridized carbons (Fsp3) is 0.625. The number of benzene rings is 1. The largest absolute Gasteiger partial charge is 0.388 e.